The second-order valence-corrected chi connectivity index (χ2v) is 8.74. The van der Waals surface area contributed by atoms with Crippen molar-refractivity contribution in [3.63, 3.8) is 0 Å². The number of carbonyl (C=O) groups excluding carboxylic acids is 3. The van der Waals surface area contributed by atoms with Gasteiger partial charge in [-0.15, -0.1) is 0 Å². The van der Waals surface area contributed by atoms with Crippen LogP contribution in [0.2, 0.25) is 0 Å². The number of carbonyl (C=O) groups is 3. The van der Waals surface area contributed by atoms with Gasteiger partial charge in [-0.2, -0.15) is 0 Å². The summed E-state index contributed by atoms with van der Waals surface area (Å²) in [6, 6.07) is 12.4. The van der Waals surface area contributed by atoms with Crippen LogP contribution < -0.4 is 16.1 Å². The van der Waals surface area contributed by atoms with Crippen LogP contribution in [0, 0.1) is 0 Å². The van der Waals surface area contributed by atoms with Gasteiger partial charge in [0.15, 0.2) is 6.29 Å². The van der Waals surface area contributed by atoms with Crippen LogP contribution in [0.1, 0.15) is 40.2 Å². The quantitative estimate of drug-likeness (QED) is 0.263. The fourth-order valence-electron chi connectivity index (χ4n) is 4.06. The number of urea groups is 1. The molecule has 0 saturated carbocycles. The van der Waals surface area contributed by atoms with Crippen LogP contribution >= 0.6 is 0 Å². The lowest BCUT2D eigenvalue weighted by Crippen LogP contribution is -2.55. The average Bonchev–Trinajstić information content (AvgIpc) is 2.86. The Balaban J connectivity index is 2.23. The number of benzene rings is 2. The van der Waals surface area contributed by atoms with E-state index in [0.717, 1.165) is 16.3 Å². The van der Waals surface area contributed by atoms with Crippen molar-refractivity contribution in [2.24, 2.45) is 0 Å². The van der Waals surface area contributed by atoms with E-state index >= 15 is 0 Å². The van der Waals surface area contributed by atoms with Gasteiger partial charge >= 0.3 is 6.03 Å². The largest absolute Gasteiger partial charge is 0.351 e. The molecule has 204 valence electrons. The molecule has 2 rings (SSSR count). The van der Waals surface area contributed by atoms with Crippen LogP contribution in [0.3, 0.4) is 0 Å². The highest BCUT2D eigenvalue weighted by molar-refractivity contribution is 5.89. The maximum absolute atomic E-state index is 13.7. The molecule has 10 heteroatoms. The van der Waals surface area contributed by atoms with E-state index in [9.17, 15) is 14.4 Å². The predicted octanol–water partition coefficient (Wildman–Crippen LogP) is 2.63. The highest BCUT2D eigenvalue weighted by atomic mass is 16.7. The number of ether oxygens (including phenoxy) is 2. The highest BCUT2D eigenvalue weighted by Gasteiger charge is 2.32. The van der Waals surface area contributed by atoms with E-state index < -0.39 is 30.3 Å². The van der Waals surface area contributed by atoms with Crippen molar-refractivity contribution in [2.45, 2.75) is 59.5 Å². The molecule has 2 atom stereocenters. The summed E-state index contributed by atoms with van der Waals surface area (Å²) in [5.41, 5.74) is 3.52. The molecule has 0 aliphatic carbocycles. The predicted molar refractivity (Wildman–Crippen MR) is 143 cm³/mol. The number of rotatable bonds is 14. The van der Waals surface area contributed by atoms with Gasteiger partial charge in [0.2, 0.25) is 11.8 Å². The van der Waals surface area contributed by atoms with Gasteiger partial charge in [0.25, 0.3) is 0 Å². The summed E-state index contributed by atoms with van der Waals surface area (Å²) in [5.74, 6) is -0.665. The summed E-state index contributed by atoms with van der Waals surface area (Å²) in [5, 5.41) is 8.83. The van der Waals surface area contributed by atoms with Gasteiger partial charge in [0, 0.05) is 33.4 Å². The van der Waals surface area contributed by atoms with Crippen molar-refractivity contribution in [1.82, 2.24) is 26.0 Å². The molecule has 2 aromatic rings. The van der Waals surface area contributed by atoms with E-state index in [1.54, 1.807) is 25.8 Å². The lowest BCUT2D eigenvalue weighted by molar-refractivity contribution is -0.179. The number of hydrogen-bond donors (Lipinski definition) is 3. The fraction of sp³-hybridized carbons (Fsp3) is 0.519. The van der Waals surface area contributed by atoms with E-state index in [4.69, 9.17) is 9.47 Å². The molecule has 0 heterocycles. The van der Waals surface area contributed by atoms with Crippen LogP contribution in [0.25, 0.3) is 10.8 Å². The van der Waals surface area contributed by atoms with Crippen molar-refractivity contribution in [3.05, 3.63) is 48.0 Å². The summed E-state index contributed by atoms with van der Waals surface area (Å²) in [6.45, 7) is 10.6. The molecule has 10 nitrogen and oxygen atoms in total. The zero-order chi connectivity index (χ0) is 27.4. The Bertz CT molecular complexity index is 1020. The third kappa shape index (κ3) is 8.99. The minimum Gasteiger partial charge on any atom is -0.351 e. The maximum atomic E-state index is 13.7. The van der Waals surface area contributed by atoms with Crippen LogP contribution in [0.4, 0.5) is 4.79 Å². The molecule has 0 fully saturated rings. The van der Waals surface area contributed by atoms with Crippen LogP contribution in [0.5, 0.6) is 0 Å². The zero-order valence-electron chi connectivity index (χ0n) is 22.7. The first kappa shape index (κ1) is 30.0. The van der Waals surface area contributed by atoms with Gasteiger partial charge in [-0.1, -0.05) is 42.5 Å². The Morgan fingerprint density at radius 2 is 1.59 bits per heavy atom. The second-order valence-electron chi connectivity index (χ2n) is 8.74. The summed E-state index contributed by atoms with van der Waals surface area (Å²) < 4.78 is 11.6. The molecule has 4 amide bonds. The standard InChI is InChI=1S/C27H41N5O5/c1-7-28-27(35)30-31(6)18-24(33)29-19(4)25(34)32(20(5)26(36-8-2)37-9-3)17-22-15-12-14-21-13-10-11-16-23(21)22/h10-16,19-20,26H,7-9,17-18H2,1-6H3,(H,29,33)(H2,28,30,35)/t19-,20-/m0/s1. The third-order valence-corrected chi connectivity index (χ3v) is 5.81. The zero-order valence-corrected chi connectivity index (χ0v) is 22.7. The van der Waals surface area contributed by atoms with E-state index in [1.165, 1.54) is 5.01 Å². The van der Waals surface area contributed by atoms with E-state index in [2.05, 4.69) is 16.1 Å². The lowest BCUT2D eigenvalue weighted by Gasteiger charge is -2.36. The van der Waals surface area contributed by atoms with Crippen molar-refractivity contribution in [3.8, 4) is 0 Å². The van der Waals surface area contributed by atoms with Crippen LogP contribution in [-0.2, 0) is 25.6 Å². The molecule has 0 bridgehead atoms. The number of amides is 4. The molecule has 2 aromatic carbocycles. The van der Waals surface area contributed by atoms with E-state index in [1.807, 2.05) is 63.2 Å². The van der Waals surface area contributed by atoms with E-state index in [0.29, 0.717) is 26.3 Å². The maximum Gasteiger partial charge on any atom is 0.329 e. The van der Waals surface area contributed by atoms with Gasteiger partial charge in [-0.3, -0.25) is 15.0 Å². The number of nitrogens with zero attached hydrogens (tertiary/aromatic N) is 2. The highest BCUT2D eigenvalue weighted by Crippen LogP contribution is 2.23. The van der Waals surface area contributed by atoms with Crippen molar-refractivity contribution >= 4 is 28.6 Å². The molecule has 0 radical (unpaired) electrons. The summed E-state index contributed by atoms with van der Waals surface area (Å²) in [4.78, 5) is 39.7. The number of likely N-dealkylation sites (N-methyl/N-ethyl adjacent to an activating group) is 1. The van der Waals surface area contributed by atoms with Gasteiger partial charge in [-0.05, 0) is 51.0 Å². The number of hydrazine groups is 1. The summed E-state index contributed by atoms with van der Waals surface area (Å²) in [7, 11) is 1.57. The fourth-order valence-corrected chi connectivity index (χ4v) is 4.06. The van der Waals surface area contributed by atoms with Gasteiger partial charge in [0.1, 0.15) is 6.04 Å². The molecular weight excluding hydrogens is 474 g/mol. The molecule has 0 saturated heterocycles. The Morgan fingerprint density at radius 1 is 0.946 bits per heavy atom. The Morgan fingerprint density at radius 3 is 2.24 bits per heavy atom. The normalized spacial score (nSPS) is 12.9. The van der Waals surface area contributed by atoms with Crippen molar-refractivity contribution in [2.75, 3.05) is 33.4 Å². The third-order valence-electron chi connectivity index (χ3n) is 5.81. The first-order valence-corrected chi connectivity index (χ1v) is 12.8. The molecule has 3 N–H and O–H groups in total. The molecule has 0 aliphatic rings. The molecule has 0 aliphatic heterocycles. The van der Waals surface area contributed by atoms with E-state index in [-0.39, 0.29) is 12.5 Å². The minimum atomic E-state index is -0.813. The number of fused-ring (bicyclic) bond motifs is 1. The molecule has 0 aromatic heterocycles. The Kier molecular flexibility index (Phi) is 12.3. The molecular formula is C27H41N5O5. The first-order valence-electron chi connectivity index (χ1n) is 12.8. The van der Waals surface area contributed by atoms with Crippen LogP contribution in [-0.4, -0.2) is 79.5 Å². The summed E-state index contributed by atoms with van der Waals surface area (Å²) in [6.07, 6.45) is -0.621. The molecule has 37 heavy (non-hydrogen) atoms. The Hall–Kier alpha value is -3.21. The molecule has 0 spiro atoms. The lowest BCUT2D eigenvalue weighted by atomic mass is 10.0. The van der Waals surface area contributed by atoms with Crippen molar-refractivity contribution in [1.29, 1.82) is 0 Å². The van der Waals surface area contributed by atoms with Gasteiger partial charge < -0.3 is 25.0 Å². The first-order chi connectivity index (χ1) is 17.7. The second kappa shape index (κ2) is 15.1. The Labute approximate surface area is 219 Å². The van der Waals surface area contributed by atoms with Gasteiger partial charge in [-0.25, -0.2) is 9.80 Å². The number of nitrogens with one attached hydrogen (secondary N) is 3. The minimum absolute atomic E-state index is 0.117. The monoisotopic (exact) mass is 515 g/mol. The van der Waals surface area contributed by atoms with Crippen LogP contribution in [0.15, 0.2) is 42.5 Å². The smallest absolute Gasteiger partial charge is 0.329 e. The molecule has 0 unspecified atom stereocenters. The van der Waals surface area contributed by atoms with Crippen molar-refractivity contribution < 1.29 is 23.9 Å². The topological polar surface area (TPSA) is 112 Å². The number of hydrogen-bond acceptors (Lipinski definition) is 6. The summed E-state index contributed by atoms with van der Waals surface area (Å²) >= 11 is 0. The average molecular weight is 516 g/mol. The van der Waals surface area contributed by atoms with Gasteiger partial charge in [0.05, 0.1) is 12.6 Å². The SMILES string of the molecule is CCNC(=O)NN(C)CC(=O)N[C@@H](C)C(=O)N(Cc1cccc2ccccc12)[C@@H](C)C(OCC)OCC.